The molecule has 0 bridgehead atoms. The Balaban J connectivity index is 1.33. The Kier molecular flexibility index (Phi) is 8.70. The molecule has 0 unspecified atom stereocenters. The summed E-state index contributed by atoms with van der Waals surface area (Å²) in [5, 5.41) is 1.69. The van der Waals surface area contributed by atoms with Gasteiger partial charge in [-0.2, -0.15) is 4.98 Å². The summed E-state index contributed by atoms with van der Waals surface area (Å²) in [6.07, 6.45) is 0.852. The van der Waals surface area contributed by atoms with Crippen LogP contribution in [0.4, 0.5) is 4.39 Å². The second-order valence-corrected chi connectivity index (χ2v) is 16.7. The van der Waals surface area contributed by atoms with Gasteiger partial charge in [-0.15, -0.1) is 11.8 Å². The number of benzene rings is 3. The van der Waals surface area contributed by atoms with Crippen LogP contribution in [0, 0.1) is 5.82 Å². The number of nitrogens with zero attached hydrogens (tertiary/aromatic N) is 2. The number of hydrogen-bond acceptors (Lipinski definition) is 6. The highest BCUT2D eigenvalue weighted by Gasteiger charge is 2.50. The van der Waals surface area contributed by atoms with Gasteiger partial charge in [0.2, 0.25) is 0 Å². The number of thioether (sulfide) groups is 1. The van der Waals surface area contributed by atoms with E-state index in [9.17, 15) is 9.59 Å². The molecule has 2 atom stereocenters. The predicted molar refractivity (Wildman–Crippen MR) is 163 cm³/mol. The Morgan fingerprint density at radius 2 is 1.56 bits per heavy atom. The SMILES string of the molecule is CC(C)(C)[Si](OC[C@@H]1OC[C@H](n2cc(F)c(CC(=O)c3ccccc3)nc2=O)S1)(c1ccccc1)c1ccccc1. The van der Waals surface area contributed by atoms with Gasteiger partial charge in [0.25, 0.3) is 8.32 Å². The summed E-state index contributed by atoms with van der Waals surface area (Å²) in [5.74, 6) is -0.991. The van der Waals surface area contributed by atoms with Crippen LogP contribution >= 0.6 is 11.8 Å². The number of Topliss-reactive ketones (excluding diaryl/α,β-unsaturated/α-hetero) is 1. The van der Waals surface area contributed by atoms with E-state index in [1.54, 1.807) is 30.3 Å². The van der Waals surface area contributed by atoms with Gasteiger partial charge in [0.15, 0.2) is 11.6 Å². The first-order valence-corrected chi connectivity index (χ1v) is 16.4. The van der Waals surface area contributed by atoms with E-state index >= 15 is 4.39 Å². The standard InChI is InChI=1S/C32H33FN2O4SSi/c1-32(2,3)41(24-15-9-5-10-16-24,25-17-11-6-12-18-25)39-22-30-38-21-29(40-30)35-20-26(33)27(34-31(35)37)19-28(36)23-13-7-4-8-14-23/h4-18,20,29-30H,19,21-22H2,1-3H3/t29-,30-/m1/s1. The molecule has 0 saturated carbocycles. The zero-order valence-electron chi connectivity index (χ0n) is 23.3. The molecule has 9 heteroatoms. The average Bonchev–Trinajstić information content (AvgIpc) is 3.45. The quantitative estimate of drug-likeness (QED) is 0.203. The highest BCUT2D eigenvalue weighted by molar-refractivity contribution is 8.00. The van der Waals surface area contributed by atoms with Crippen molar-refractivity contribution in [2.75, 3.05) is 13.2 Å². The van der Waals surface area contributed by atoms with Crippen LogP contribution in [0.1, 0.15) is 42.2 Å². The summed E-state index contributed by atoms with van der Waals surface area (Å²) in [6.45, 7) is 7.15. The number of hydrogen-bond donors (Lipinski definition) is 0. The van der Waals surface area contributed by atoms with E-state index in [1.807, 2.05) is 36.4 Å². The Hall–Kier alpha value is -3.37. The van der Waals surface area contributed by atoms with Crippen LogP contribution in [0.5, 0.6) is 0 Å². The van der Waals surface area contributed by atoms with Crippen molar-refractivity contribution in [2.45, 2.75) is 43.0 Å². The molecule has 0 spiro atoms. The van der Waals surface area contributed by atoms with E-state index in [1.165, 1.54) is 26.7 Å². The molecule has 0 N–H and O–H groups in total. The molecule has 1 aromatic heterocycles. The predicted octanol–water partition coefficient (Wildman–Crippen LogP) is 4.97. The highest BCUT2D eigenvalue weighted by atomic mass is 32.2. The van der Waals surface area contributed by atoms with Crippen molar-refractivity contribution in [1.82, 2.24) is 9.55 Å². The number of carbonyl (C=O) groups is 1. The van der Waals surface area contributed by atoms with Crippen molar-refractivity contribution in [3.05, 3.63) is 125 Å². The first kappa shape index (κ1) is 29.1. The summed E-state index contributed by atoms with van der Waals surface area (Å²) < 4.78 is 29.3. The Labute approximate surface area is 244 Å². The second kappa shape index (κ2) is 12.2. The van der Waals surface area contributed by atoms with E-state index in [4.69, 9.17) is 9.16 Å². The fourth-order valence-electron chi connectivity index (χ4n) is 5.32. The largest absolute Gasteiger partial charge is 0.404 e. The molecule has 1 fully saturated rings. The molecule has 5 rings (SSSR count). The van der Waals surface area contributed by atoms with Crippen molar-refractivity contribution >= 4 is 36.2 Å². The average molecular weight is 589 g/mol. The smallest absolute Gasteiger partial charge is 0.349 e. The fraction of sp³-hybridized carbons (Fsp3) is 0.281. The van der Waals surface area contributed by atoms with Gasteiger partial charge >= 0.3 is 5.69 Å². The van der Waals surface area contributed by atoms with Crippen LogP contribution < -0.4 is 16.1 Å². The van der Waals surface area contributed by atoms with Crippen LogP contribution in [0.15, 0.2) is 102 Å². The van der Waals surface area contributed by atoms with Crippen molar-refractivity contribution in [2.24, 2.45) is 0 Å². The molecule has 0 aliphatic carbocycles. The minimum atomic E-state index is -2.76. The monoisotopic (exact) mass is 588 g/mol. The Morgan fingerprint density at radius 1 is 1.00 bits per heavy atom. The maximum Gasteiger partial charge on any atom is 0.349 e. The molecule has 1 saturated heterocycles. The van der Waals surface area contributed by atoms with Gasteiger partial charge in [-0.25, -0.2) is 9.18 Å². The summed E-state index contributed by atoms with van der Waals surface area (Å²) in [5.41, 5.74) is -0.676. The van der Waals surface area contributed by atoms with Gasteiger partial charge in [0.05, 0.1) is 25.3 Å². The van der Waals surface area contributed by atoms with E-state index in [-0.39, 0.29) is 35.0 Å². The summed E-state index contributed by atoms with van der Waals surface area (Å²) >= 11 is 1.41. The van der Waals surface area contributed by atoms with Crippen LogP contribution in [0.2, 0.25) is 5.04 Å². The topological polar surface area (TPSA) is 70.4 Å². The van der Waals surface area contributed by atoms with Gasteiger partial charge in [0, 0.05) is 11.8 Å². The van der Waals surface area contributed by atoms with Gasteiger partial charge in [-0.3, -0.25) is 9.36 Å². The molecule has 0 radical (unpaired) electrons. The maximum atomic E-state index is 15.0. The minimum absolute atomic E-state index is 0.157. The zero-order valence-corrected chi connectivity index (χ0v) is 25.1. The number of halogens is 1. The number of ketones is 1. The number of ether oxygens (including phenoxy) is 1. The molecule has 212 valence electrons. The van der Waals surface area contributed by atoms with Crippen LogP contribution in [0.3, 0.4) is 0 Å². The Bertz CT molecular complexity index is 1510. The van der Waals surface area contributed by atoms with Gasteiger partial charge in [-0.1, -0.05) is 112 Å². The summed E-state index contributed by atoms with van der Waals surface area (Å²) in [6, 6.07) is 29.3. The van der Waals surface area contributed by atoms with Crippen molar-refractivity contribution in [1.29, 1.82) is 0 Å². The van der Waals surface area contributed by atoms with Gasteiger partial charge < -0.3 is 9.16 Å². The first-order chi connectivity index (χ1) is 19.7. The van der Waals surface area contributed by atoms with E-state index < -0.39 is 25.2 Å². The van der Waals surface area contributed by atoms with E-state index in [0.29, 0.717) is 12.2 Å². The van der Waals surface area contributed by atoms with Crippen molar-refractivity contribution in [3.8, 4) is 0 Å². The normalized spacial score (nSPS) is 17.5. The van der Waals surface area contributed by atoms with Crippen molar-refractivity contribution in [3.63, 3.8) is 0 Å². The third-order valence-corrected chi connectivity index (χ3v) is 13.6. The lowest BCUT2D eigenvalue weighted by molar-refractivity contribution is 0.0848. The van der Waals surface area contributed by atoms with Crippen LogP contribution in [0.25, 0.3) is 0 Å². The van der Waals surface area contributed by atoms with Gasteiger partial charge in [-0.05, 0) is 15.4 Å². The van der Waals surface area contributed by atoms with Crippen molar-refractivity contribution < 1.29 is 18.3 Å². The third kappa shape index (κ3) is 6.13. The maximum absolute atomic E-state index is 15.0. The number of carbonyl (C=O) groups excluding carboxylic acids is 1. The lowest BCUT2D eigenvalue weighted by atomic mass is 10.1. The van der Waals surface area contributed by atoms with Crippen LogP contribution in [-0.4, -0.2) is 42.3 Å². The second-order valence-electron chi connectivity index (χ2n) is 11.0. The number of rotatable bonds is 9. The summed E-state index contributed by atoms with van der Waals surface area (Å²) in [7, 11) is -2.76. The molecule has 41 heavy (non-hydrogen) atoms. The molecule has 4 aromatic rings. The van der Waals surface area contributed by atoms with E-state index in [0.717, 1.165) is 6.20 Å². The molecule has 3 aromatic carbocycles. The molecular formula is C32H33FN2O4SSi. The molecule has 1 aliphatic rings. The molecule has 6 nitrogen and oxygen atoms in total. The van der Waals surface area contributed by atoms with E-state index in [2.05, 4.69) is 50.0 Å². The highest BCUT2D eigenvalue weighted by Crippen LogP contribution is 2.39. The summed E-state index contributed by atoms with van der Waals surface area (Å²) in [4.78, 5) is 29.4. The molecular weight excluding hydrogens is 556 g/mol. The first-order valence-electron chi connectivity index (χ1n) is 13.6. The fourth-order valence-corrected chi connectivity index (χ4v) is 11.1. The van der Waals surface area contributed by atoms with Crippen LogP contribution in [-0.2, 0) is 15.6 Å². The Morgan fingerprint density at radius 3 is 2.12 bits per heavy atom. The third-order valence-electron chi connectivity index (χ3n) is 7.30. The number of aromatic nitrogens is 2. The molecule has 2 heterocycles. The van der Waals surface area contributed by atoms with Gasteiger partial charge in [0.1, 0.15) is 10.8 Å². The molecule has 1 aliphatic heterocycles. The molecule has 0 amide bonds. The minimum Gasteiger partial charge on any atom is -0.404 e. The zero-order chi connectivity index (χ0) is 29.0. The lowest BCUT2D eigenvalue weighted by Crippen LogP contribution is -2.67. The lowest BCUT2D eigenvalue weighted by Gasteiger charge is -2.43.